The maximum absolute atomic E-state index is 12.5. The second-order valence-electron chi connectivity index (χ2n) is 5.71. The first kappa shape index (κ1) is 17.6. The van der Waals surface area contributed by atoms with Crippen LogP contribution in [0.2, 0.25) is 0 Å². The number of nitrogens with zero attached hydrogens (tertiary/aromatic N) is 1. The van der Waals surface area contributed by atoms with Gasteiger partial charge in [-0.25, -0.2) is 18.2 Å². The predicted octanol–water partition coefficient (Wildman–Crippen LogP) is 3.56. The van der Waals surface area contributed by atoms with Crippen LogP contribution in [0, 0.1) is 6.92 Å². The van der Waals surface area contributed by atoms with Crippen LogP contribution in [0.1, 0.15) is 16.1 Å². The number of aromatic carboxylic acids is 1. The first-order valence-corrected chi connectivity index (χ1v) is 9.24. The minimum atomic E-state index is -3.72. The van der Waals surface area contributed by atoms with E-state index in [1.807, 2.05) is 6.92 Å². The summed E-state index contributed by atoms with van der Waals surface area (Å²) in [5.41, 5.74) is 2.31. The zero-order valence-corrected chi connectivity index (χ0v) is 14.7. The molecule has 0 saturated heterocycles. The van der Waals surface area contributed by atoms with E-state index in [1.54, 1.807) is 60.7 Å². The Morgan fingerprint density at radius 1 is 1.00 bits per heavy atom. The van der Waals surface area contributed by atoms with Gasteiger partial charge in [-0.05, 0) is 43.3 Å². The number of rotatable bonds is 5. The highest BCUT2D eigenvalue weighted by molar-refractivity contribution is 7.92. The van der Waals surface area contributed by atoms with Gasteiger partial charge in [-0.2, -0.15) is 0 Å². The van der Waals surface area contributed by atoms with Crippen LogP contribution in [0.5, 0.6) is 0 Å². The standard InChI is InChI=1S/C19H16N2O4S/c1-13-8-10-16(11-9-13)26(24,25)21-15-5-2-4-14(12-15)17-6-3-7-18(20-17)19(22)23/h2-12,21H,1H3,(H,22,23). The number of hydrogen-bond acceptors (Lipinski definition) is 4. The van der Waals surface area contributed by atoms with E-state index in [0.29, 0.717) is 16.9 Å². The quantitative estimate of drug-likeness (QED) is 0.718. The molecule has 0 fully saturated rings. The van der Waals surface area contributed by atoms with Crippen LogP contribution in [0.4, 0.5) is 5.69 Å². The fraction of sp³-hybridized carbons (Fsp3) is 0.0526. The number of benzene rings is 2. The van der Waals surface area contributed by atoms with Gasteiger partial charge in [0.1, 0.15) is 5.69 Å². The Morgan fingerprint density at radius 3 is 2.38 bits per heavy atom. The second-order valence-corrected chi connectivity index (χ2v) is 7.39. The molecule has 0 spiro atoms. The Morgan fingerprint density at radius 2 is 1.69 bits per heavy atom. The lowest BCUT2D eigenvalue weighted by molar-refractivity contribution is 0.0690. The lowest BCUT2D eigenvalue weighted by Gasteiger charge is -2.10. The number of sulfonamides is 1. The zero-order valence-electron chi connectivity index (χ0n) is 13.9. The average Bonchev–Trinajstić information content (AvgIpc) is 2.62. The summed E-state index contributed by atoms with van der Waals surface area (Å²) in [4.78, 5) is 15.3. The van der Waals surface area contributed by atoms with Crippen molar-refractivity contribution in [2.75, 3.05) is 4.72 Å². The minimum Gasteiger partial charge on any atom is -0.477 e. The lowest BCUT2D eigenvalue weighted by Crippen LogP contribution is -2.12. The molecular formula is C19H16N2O4S. The summed E-state index contributed by atoms with van der Waals surface area (Å²) in [5, 5.41) is 9.05. The number of pyridine rings is 1. The van der Waals surface area contributed by atoms with Crippen molar-refractivity contribution in [3.63, 3.8) is 0 Å². The Hall–Kier alpha value is -3.19. The van der Waals surface area contributed by atoms with E-state index < -0.39 is 16.0 Å². The maximum atomic E-state index is 12.5. The van der Waals surface area contributed by atoms with Crippen molar-refractivity contribution >= 4 is 21.7 Å². The molecule has 132 valence electrons. The number of aromatic nitrogens is 1. The molecule has 0 bridgehead atoms. The number of hydrogen-bond donors (Lipinski definition) is 2. The van der Waals surface area contributed by atoms with Crippen molar-refractivity contribution in [1.29, 1.82) is 0 Å². The lowest BCUT2D eigenvalue weighted by atomic mass is 10.1. The molecule has 0 saturated carbocycles. The second kappa shape index (κ2) is 6.97. The molecule has 3 aromatic rings. The predicted molar refractivity (Wildman–Crippen MR) is 98.6 cm³/mol. The molecular weight excluding hydrogens is 352 g/mol. The molecule has 3 rings (SSSR count). The van der Waals surface area contributed by atoms with E-state index >= 15 is 0 Å². The first-order chi connectivity index (χ1) is 12.3. The average molecular weight is 368 g/mol. The molecule has 0 aliphatic rings. The summed E-state index contributed by atoms with van der Waals surface area (Å²) in [6.45, 7) is 1.88. The number of anilines is 1. The number of carbonyl (C=O) groups is 1. The smallest absolute Gasteiger partial charge is 0.354 e. The molecule has 0 aliphatic heterocycles. The van der Waals surface area contributed by atoms with Crippen molar-refractivity contribution in [2.45, 2.75) is 11.8 Å². The van der Waals surface area contributed by atoms with Crippen LogP contribution in [0.25, 0.3) is 11.3 Å². The molecule has 0 radical (unpaired) electrons. The van der Waals surface area contributed by atoms with E-state index in [-0.39, 0.29) is 10.6 Å². The fourth-order valence-corrected chi connectivity index (χ4v) is 3.44. The SMILES string of the molecule is Cc1ccc(S(=O)(=O)Nc2cccc(-c3cccc(C(=O)O)n3)c2)cc1. The molecule has 0 unspecified atom stereocenters. The molecule has 2 N–H and O–H groups in total. The van der Waals surface area contributed by atoms with Gasteiger partial charge in [-0.1, -0.05) is 35.9 Å². The molecule has 26 heavy (non-hydrogen) atoms. The fourth-order valence-electron chi connectivity index (χ4n) is 2.39. The van der Waals surface area contributed by atoms with Crippen LogP contribution in [0.3, 0.4) is 0 Å². The van der Waals surface area contributed by atoms with Crippen molar-refractivity contribution in [1.82, 2.24) is 4.98 Å². The highest BCUT2D eigenvalue weighted by Crippen LogP contribution is 2.23. The van der Waals surface area contributed by atoms with E-state index in [0.717, 1.165) is 5.56 Å². The summed E-state index contributed by atoms with van der Waals surface area (Å²) < 4.78 is 27.5. The molecule has 1 aromatic heterocycles. The van der Waals surface area contributed by atoms with Crippen LogP contribution in [0.15, 0.2) is 71.6 Å². The Bertz CT molecular complexity index is 1060. The van der Waals surface area contributed by atoms with Gasteiger partial charge < -0.3 is 5.11 Å². The summed E-state index contributed by atoms with van der Waals surface area (Å²) >= 11 is 0. The summed E-state index contributed by atoms with van der Waals surface area (Å²) in [7, 11) is -3.72. The van der Waals surface area contributed by atoms with Crippen molar-refractivity contribution < 1.29 is 18.3 Å². The van der Waals surface area contributed by atoms with E-state index in [4.69, 9.17) is 5.11 Å². The molecule has 0 amide bonds. The molecule has 6 nitrogen and oxygen atoms in total. The number of nitrogens with one attached hydrogen (secondary N) is 1. The highest BCUT2D eigenvalue weighted by atomic mass is 32.2. The maximum Gasteiger partial charge on any atom is 0.354 e. The van der Waals surface area contributed by atoms with Crippen molar-refractivity contribution in [2.24, 2.45) is 0 Å². The third-order valence-corrected chi connectivity index (χ3v) is 5.11. The Labute approximate surface area is 151 Å². The Kier molecular flexibility index (Phi) is 4.73. The van der Waals surface area contributed by atoms with Gasteiger partial charge in [0.05, 0.1) is 10.6 Å². The summed E-state index contributed by atoms with van der Waals surface area (Å²) in [5.74, 6) is -1.12. The van der Waals surface area contributed by atoms with Gasteiger partial charge in [-0.3, -0.25) is 4.72 Å². The number of carboxylic acid groups (broad SMARTS) is 1. The monoisotopic (exact) mass is 368 g/mol. The molecule has 0 atom stereocenters. The van der Waals surface area contributed by atoms with Gasteiger partial charge in [0, 0.05) is 11.3 Å². The molecule has 2 aromatic carbocycles. The molecule has 0 aliphatic carbocycles. The van der Waals surface area contributed by atoms with Crippen LogP contribution >= 0.6 is 0 Å². The zero-order chi connectivity index (χ0) is 18.7. The van der Waals surface area contributed by atoms with E-state index in [2.05, 4.69) is 9.71 Å². The van der Waals surface area contributed by atoms with Crippen molar-refractivity contribution in [3.05, 3.63) is 78.0 Å². The summed E-state index contributed by atoms with van der Waals surface area (Å²) in [6.07, 6.45) is 0. The van der Waals surface area contributed by atoms with Gasteiger partial charge in [-0.15, -0.1) is 0 Å². The van der Waals surface area contributed by atoms with Crippen LogP contribution in [-0.2, 0) is 10.0 Å². The molecule has 7 heteroatoms. The van der Waals surface area contributed by atoms with Gasteiger partial charge in [0.15, 0.2) is 0 Å². The van der Waals surface area contributed by atoms with Crippen LogP contribution in [-0.4, -0.2) is 24.5 Å². The van der Waals surface area contributed by atoms with E-state index in [9.17, 15) is 13.2 Å². The third kappa shape index (κ3) is 3.89. The number of carboxylic acids is 1. The largest absolute Gasteiger partial charge is 0.477 e. The van der Waals surface area contributed by atoms with E-state index in [1.165, 1.54) is 6.07 Å². The van der Waals surface area contributed by atoms with Gasteiger partial charge >= 0.3 is 5.97 Å². The van der Waals surface area contributed by atoms with Gasteiger partial charge in [0.25, 0.3) is 10.0 Å². The van der Waals surface area contributed by atoms with Crippen molar-refractivity contribution in [3.8, 4) is 11.3 Å². The van der Waals surface area contributed by atoms with Gasteiger partial charge in [0.2, 0.25) is 0 Å². The summed E-state index contributed by atoms with van der Waals surface area (Å²) in [6, 6.07) is 17.8. The number of aryl methyl sites for hydroxylation is 1. The highest BCUT2D eigenvalue weighted by Gasteiger charge is 2.14. The first-order valence-electron chi connectivity index (χ1n) is 7.75. The molecule has 1 heterocycles. The normalized spacial score (nSPS) is 11.1. The van der Waals surface area contributed by atoms with Crippen LogP contribution < -0.4 is 4.72 Å². The minimum absolute atomic E-state index is 0.0758. The third-order valence-electron chi connectivity index (χ3n) is 3.71. The topological polar surface area (TPSA) is 96.4 Å². The Balaban J connectivity index is 1.91.